The molecule has 2 heterocycles. The highest BCUT2D eigenvalue weighted by Gasteiger charge is 2.58. The molecule has 0 radical (unpaired) electrons. The molecule has 5 aromatic rings. The number of ether oxygens (including phenoxy) is 2. The summed E-state index contributed by atoms with van der Waals surface area (Å²) in [5, 5.41) is 30.3. The molecule has 0 spiro atoms. The first-order valence-corrected chi connectivity index (χ1v) is 13.5. The van der Waals surface area contributed by atoms with E-state index < -0.39 is 41.0 Å². The molecular formula is C32H25F4N5O4. The smallest absolute Gasteiger partial charge is 0.323 e. The van der Waals surface area contributed by atoms with E-state index in [-0.39, 0.29) is 13.2 Å². The maximum atomic E-state index is 15.9. The Labute approximate surface area is 254 Å². The average Bonchev–Trinajstić information content (AvgIpc) is 3.55. The Bertz CT molecular complexity index is 1780. The van der Waals surface area contributed by atoms with Crippen molar-refractivity contribution in [3.05, 3.63) is 131 Å². The van der Waals surface area contributed by atoms with Gasteiger partial charge in [0.05, 0.1) is 13.2 Å². The molecule has 2 aromatic heterocycles. The molecule has 0 bridgehead atoms. The topological polar surface area (TPSA) is 115 Å². The minimum atomic E-state index is -4.17. The maximum Gasteiger partial charge on any atom is 0.323 e. The predicted molar refractivity (Wildman–Crippen MR) is 152 cm³/mol. The molecule has 0 aliphatic heterocycles. The van der Waals surface area contributed by atoms with Crippen molar-refractivity contribution >= 4 is 0 Å². The molecular weight excluding hydrogens is 594 g/mol. The van der Waals surface area contributed by atoms with Crippen LogP contribution in [0.3, 0.4) is 0 Å². The zero-order chi connectivity index (χ0) is 31.9. The van der Waals surface area contributed by atoms with Crippen LogP contribution < -0.4 is 9.47 Å². The van der Waals surface area contributed by atoms with Gasteiger partial charge < -0.3 is 19.7 Å². The number of nitrogens with zero attached hydrogens (tertiary/aromatic N) is 5. The monoisotopic (exact) mass is 619 g/mol. The van der Waals surface area contributed by atoms with Gasteiger partial charge in [-0.05, 0) is 76.7 Å². The van der Waals surface area contributed by atoms with Gasteiger partial charge in [0, 0.05) is 29.0 Å². The fourth-order valence-corrected chi connectivity index (χ4v) is 4.32. The Balaban J connectivity index is 1.27. The normalized spacial score (nSPS) is 12.6. The van der Waals surface area contributed by atoms with Crippen LogP contribution in [0, 0.1) is 23.5 Å². The summed E-state index contributed by atoms with van der Waals surface area (Å²) in [4.78, 5) is 3.81. The van der Waals surface area contributed by atoms with Crippen LogP contribution in [0.5, 0.6) is 11.5 Å². The van der Waals surface area contributed by atoms with Crippen molar-refractivity contribution in [2.45, 2.75) is 24.7 Å². The van der Waals surface area contributed by atoms with Crippen molar-refractivity contribution in [2.75, 3.05) is 13.2 Å². The second-order valence-electron chi connectivity index (χ2n) is 9.78. The van der Waals surface area contributed by atoms with Crippen molar-refractivity contribution in [1.82, 2.24) is 25.2 Å². The summed E-state index contributed by atoms with van der Waals surface area (Å²) >= 11 is 0. The van der Waals surface area contributed by atoms with E-state index in [9.17, 15) is 13.9 Å². The van der Waals surface area contributed by atoms with E-state index in [4.69, 9.17) is 14.6 Å². The van der Waals surface area contributed by atoms with Gasteiger partial charge in [-0.2, -0.15) is 8.78 Å². The largest absolute Gasteiger partial charge is 0.491 e. The highest BCUT2D eigenvalue weighted by molar-refractivity contribution is 5.44. The molecule has 45 heavy (non-hydrogen) atoms. The van der Waals surface area contributed by atoms with Gasteiger partial charge in [-0.3, -0.25) is 4.98 Å². The van der Waals surface area contributed by atoms with E-state index in [1.54, 1.807) is 36.4 Å². The number of hydrogen-bond acceptors (Lipinski definition) is 8. The van der Waals surface area contributed by atoms with Crippen LogP contribution in [-0.4, -0.2) is 48.6 Å². The first-order valence-electron chi connectivity index (χ1n) is 13.5. The van der Waals surface area contributed by atoms with Crippen molar-refractivity contribution in [3.8, 4) is 23.3 Å². The summed E-state index contributed by atoms with van der Waals surface area (Å²) in [6, 6.07) is 18.4. The highest BCUT2D eigenvalue weighted by atomic mass is 19.3. The Morgan fingerprint density at radius 2 is 1.53 bits per heavy atom. The van der Waals surface area contributed by atoms with E-state index in [0.29, 0.717) is 35.3 Å². The number of aromatic nitrogens is 5. The molecule has 9 nitrogen and oxygen atoms in total. The first-order chi connectivity index (χ1) is 21.7. The van der Waals surface area contributed by atoms with Crippen molar-refractivity contribution in [1.29, 1.82) is 0 Å². The van der Waals surface area contributed by atoms with Gasteiger partial charge in [-0.15, -0.1) is 5.10 Å². The molecule has 0 amide bonds. The minimum Gasteiger partial charge on any atom is -0.491 e. The van der Waals surface area contributed by atoms with E-state index in [0.717, 1.165) is 41.0 Å². The van der Waals surface area contributed by atoms with Crippen LogP contribution in [0.25, 0.3) is 0 Å². The summed E-state index contributed by atoms with van der Waals surface area (Å²) in [7, 11) is 0. The number of alkyl halides is 2. The van der Waals surface area contributed by atoms with Crippen LogP contribution in [0.2, 0.25) is 0 Å². The third-order valence-corrected chi connectivity index (χ3v) is 6.66. The SMILES string of the molecule is OCCOc1ccc(COc2ccc(C#Cc3ccc(C(F)(F)C(O)(Cn4cnnn4)c4ccc(F)cc4F)nc3)cc2)cc1. The Morgan fingerprint density at radius 3 is 2.18 bits per heavy atom. The Morgan fingerprint density at radius 1 is 0.844 bits per heavy atom. The summed E-state index contributed by atoms with van der Waals surface area (Å²) in [5.74, 6) is 0.474. The van der Waals surface area contributed by atoms with E-state index >= 15 is 8.78 Å². The van der Waals surface area contributed by atoms with Gasteiger partial charge in [0.2, 0.25) is 0 Å². The summed E-state index contributed by atoms with van der Waals surface area (Å²) in [6.45, 7) is -0.470. The molecule has 2 N–H and O–H groups in total. The lowest BCUT2D eigenvalue weighted by atomic mass is 9.84. The molecule has 0 saturated heterocycles. The molecule has 0 aliphatic carbocycles. The lowest BCUT2D eigenvalue weighted by Crippen LogP contribution is -2.48. The average molecular weight is 620 g/mol. The number of tetrazole rings is 1. The zero-order valence-electron chi connectivity index (χ0n) is 23.4. The Kier molecular flexibility index (Phi) is 9.36. The van der Waals surface area contributed by atoms with Crippen LogP contribution in [0.4, 0.5) is 17.6 Å². The van der Waals surface area contributed by atoms with E-state index in [1.165, 1.54) is 6.07 Å². The lowest BCUT2D eigenvalue weighted by molar-refractivity contribution is -0.207. The van der Waals surface area contributed by atoms with E-state index in [2.05, 4.69) is 32.4 Å². The van der Waals surface area contributed by atoms with Crippen molar-refractivity contribution < 1.29 is 37.2 Å². The minimum absolute atomic E-state index is 0.0630. The standard InChI is InChI=1S/C32H25F4N5O4/c33-25-8-13-28(29(34)17-25)31(43,20-41-21-38-39-40-41)32(35,36)30-14-7-23(18-37-30)2-1-22-3-9-27(10-4-22)45-19-24-5-11-26(12-6-24)44-16-15-42/h3-14,17-18,21,42-43H,15-16,19-20H2. The van der Waals surface area contributed by atoms with Crippen LogP contribution in [0.15, 0.2) is 91.4 Å². The van der Waals surface area contributed by atoms with Gasteiger partial charge in [-0.25, -0.2) is 13.5 Å². The molecule has 230 valence electrons. The zero-order valence-corrected chi connectivity index (χ0v) is 23.4. The highest BCUT2D eigenvalue weighted by Crippen LogP contribution is 2.46. The van der Waals surface area contributed by atoms with Crippen LogP contribution >= 0.6 is 0 Å². The Hall–Kier alpha value is -5.32. The molecule has 13 heteroatoms. The number of benzene rings is 3. The van der Waals surface area contributed by atoms with Gasteiger partial charge in [0.1, 0.15) is 48.4 Å². The quantitative estimate of drug-likeness (QED) is 0.166. The number of rotatable bonds is 11. The molecule has 0 saturated carbocycles. The number of halogens is 4. The van der Waals surface area contributed by atoms with Crippen LogP contribution in [0.1, 0.15) is 27.9 Å². The summed E-state index contributed by atoms with van der Waals surface area (Å²) in [5.41, 5.74) is -3.11. The van der Waals surface area contributed by atoms with Gasteiger partial charge in [-0.1, -0.05) is 24.0 Å². The molecule has 5 rings (SSSR count). The lowest BCUT2D eigenvalue weighted by Gasteiger charge is -2.35. The molecule has 0 fully saturated rings. The third kappa shape index (κ3) is 7.26. The summed E-state index contributed by atoms with van der Waals surface area (Å²) < 4.78 is 72.0. The molecule has 3 aromatic carbocycles. The third-order valence-electron chi connectivity index (χ3n) is 6.66. The second kappa shape index (κ2) is 13.5. The fourth-order valence-electron chi connectivity index (χ4n) is 4.32. The molecule has 1 unspecified atom stereocenters. The number of hydrogen-bond donors (Lipinski definition) is 2. The van der Waals surface area contributed by atoms with Gasteiger partial charge in [0.25, 0.3) is 0 Å². The van der Waals surface area contributed by atoms with Crippen molar-refractivity contribution in [3.63, 3.8) is 0 Å². The molecule has 0 aliphatic rings. The van der Waals surface area contributed by atoms with Gasteiger partial charge in [0.15, 0.2) is 5.60 Å². The molecule has 1 atom stereocenters. The van der Waals surface area contributed by atoms with Gasteiger partial charge >= 0.3 is 5.92 Å². The first kappa shape index (κ1) is 31.1. The number of pyridine rings is 1. The van der Waals surface area contributed by atoms with Crippen LogP contribution in [-0.2, 0) is 24.7 Å². The fraction of sp³-hybridized carbons (Fsp3) is 0.188. The van der Waals surface area contributed by atoms with Crippen molar-refractivity contribution in [2.24, 2.45) is 0 Å². The second-order valence-corrected chi connectivity index (χ2v) is 9.78. The number of aliphatic hydroxyl groups excluding tert-OH is 1. The van der Waals surface area contributed by atoms with E-state index in [1.807, 2.05) is 12.1 Å². The summed E-state index contributed by atoms with van der Waals surface area (Å²) in [6.07, 6.45) is 2.08. The predicted octanol–water partition coefficient (Wildman–Crippen LogP) is 4.38. The number of aliphatic hydroxyl groups is 2. The maximum absolute atomic E-state index is 15.9.